The molecular formula is C46H69N5O9. The minimum atomic E-state index is -0.839. The number of carbonyl (C=O) groups excluding carboxylic acids is 6. The molecule has 4 amide bonds. The van der Waals surface area contributed by atoms with Gasteiger partial charge in [0.25, 0.3) is 0 Å². The summed E-state index contributed by atoms with van der Waals surface area (Å²) in [4.78, 5) is 85.0. The molecule has 0 saturated carbocycles. The van der Waals surface area contributed by atoms with E-state index < -0.39 is 48.3 Å². The van der Waals surface area contributed by atoms with Gasteiger partial charge in [-0.3, -0.25) is 28.9 Å². The van der Waals surface area contributed by atoms with E-state index >= 15 is 0 Å². The standard InChI is InChI=1S/C46H69N5O9/c1-13-29(4)41(50(10)39(54)27-47-45(56)40(28(2)3)49(8)9)37(58-11)26-38(53)51-25-17-20-36(51)42(59-12)30(5)44(55)48-31(6)43(34-18-15-14-16-19-34)60-46(57)35-23-21-33(22-24-35)32(7)52/h14-16,18-19,21-24,28-31,36-37,40-43H,13,17,20,25-27H2,1-12H3,(H,47,56)(H,48,55). The van der Waals surface area contributed by atoms with E-state index in [1.807, 2.05) is 77.0 Å². The Kier molecular flexibility index (Phi) is 19.4. The molecule has 1 heterocycles. The second-order valence-electron chi connectivity index (χ2n) is 16.7. The lowest BCUT2D eigenvalue weighted by atomic mass is 9.90. The Morgan fingerprint density at radius 1 is 0.850 bits per heavy atom. The summed E-state index contributed by atoms with van der Waals surface area (Å²) in [7, 11) is 8.41. The highest BCUT2D eigenvalue weighted by Gasteiger charge is 2.42. The molecule has 0 bridgehead atoms. The fourth-order valence-electron chi connectivity index (χ4n) is 8.41. The van der Waals surface area contributed by atoms with Crippen molar-refractivity contribution in [2.24, 2.45) is 17.8 Å². The molecule has 1 fully saturated rings. The fraction of sp³-hybridized carbons (Fsp3) is 0.609. The van der Waals surface area contributed by atoms with Crippen molar-refractivity contribution in [3.05, 3.63) is 71.3 Å². The molecule has 0 aliphatic carbocycles. The predicted molar refractivity (Wildman–Crippen MR) is 230 cm³/mol. The van der Waals surface area contributed by atoms with Crippen molar-refractivity contribution in [3.63, 3.8) is 0 Å². The minimum absolute atomic E-state index is 0.00230. The van der Waals surface area contributed by atoms with E-state index in [9.17, 15) is 28.8 Å². The van der Waals surface area contributed by atoms with Gasteiger partial charge in [0, 0.05) is 33.4 Å². The van der Waals surface area contributed by atoms with Crippen molar-refractivity contribution in [2.45, 2.75) is 117 Å². The third-order valence-electron chi connectivity index (χ3n) is 11.9. The lowest BCUT2D eigenvalue weighted by molar-refractivity contribution is -0.146. The lowest BCUT2D eigenvalue weighted by Gasteiger charge is -2.39. The molecule has 1 aliphatic heterocycles. The average molecular weight is 836 g/mol. The molecule has 2 aromatic carbocycles. The van der Waals surface area contributed by atoms with Crippen LogP contribution < -0.4 is 10.6 Å². The molecule has 0 spiro atoms. The van der Waals surface area contributed by atoms with Gasteiger partial charge in [0.15, 0.2) is 5.78 Å². The number of carbonyl (C=O) groups is 6. The van der Waals surface area contributed by atoms with Crippen LogP contribution in [0.2, 0.25) is 0 Å². The molecule has 60 heavy (non-hydrogen) atoms. The van der Waals surface area contributed by atoms with Crippen LogP contribution in [0.25, 0.3) is 0 Å². The summed E-state index contributed by atoms with van der Waals surface area (Å²) < 4.78 is 17.9. The van der Waals surface area contributed by atoms with Crippen molar-refractivity contribution in [3.8, 4) is 0 Å². The number of amides is 4. The zero-order valence-corrected chi connectivity index (χ0v) is 37.7. The van der Waals surface area contributed by atoms with Crippen LogP contribution in [-0.4, -0.2) is 135 Å². The number of hydrogen-bond donors (Lipinski definition) is 2. The van der Waals surface area contributed by atoms with Crippen molar-refractivity contribution >= 4 is 35.4 Å². The van der Waals surface area contributed by atoms with Crippen LogP contribution in [0.4, 0.5) is 0 Å². The maximum absolute atomic E-state index is 14.2. The van der Waals surface area contributed by atoms with Gasteiger partial charge < -0.3 is 34.6 Å². The molecule has 1 saturated heterocycles. The van der Waals surface area contributed by atoms with Gasteiger partial charge in [0.1, 0.15) is 6.10 Å². The second-order valence-corrected chi connectivity index (χ2v) is 16.7. The summed E-state index contributed by atoms with van der Waals surface area (Å²) in [5.74, 6) is -2.42. The number of benzene rings is 2. The zero-order chi connectivity index (χ0) is 44.8. The monoisotopic (exact) mass is 836 g/mol. The van der Waals surface area contributed by atoms with Crippen molar-refractivity contribution in [2.75, 3.05) is 48.5 Å². The van der Waals surface area contributed by atoms with E-state index in [1.165, 1.54) is 21.1 Å². The topological polar surface area (TPSA) is 164 Å². The normalized spacial score (nSPS) is 18.1. The number of likely N-dealkylation sites (N-methyl/N-ethyl adjacent to an activating group) is 2. The molecule has 3 rings (SSSR count). The van der Waals surface area contributed by atoms with Gasteiger partial charge in [0.2, 0.25) is 23.6 Å². The number of hydrogen-bond acceptors (Lipinski definition) is 10. The number of nitrogens with one attached hydrogen (secondary N) is 2. The summed E-state index contributed by atoms with van der Waals surface area (Å²) >= 11 is 0. The van der Waals surface area contributed by atoms with Crippen molar-refractivity contribution < 1.29 is 43.0 Å². The Bertz CT molecular complexity index is 1730. The summed E-state index contributed by atoms with van der Waals surface area (Å²) in [5, 5.41) is 5.85. The second kappa shape index (κ2) is 23.4. The van der Waals surface area contributed by atoms with E-state index in [0.29, 0.717) is 24.1 Å². The largest absolute Gasteiger partial charge is 0.452 e. The van der Waals surface area contributed by atoms with Gasteiger partial charge in [-0.2, -0.15) is 0 Å². The summed E-state index contributed by atoms with van der Waals surface area (Å²) in [6, 6.07) is 13.5. The number of ketones is 1. The Morgan fingerprint density at radius 2 is 1.47 bits per heavy atom. The summed E-state index contributed by atoms with van der Waals surface area (Å²) in [6.45, 7) is 13.2. The lowest BCUT2D eigenvalue weighted by Crippen LogP contribution is -2.55. The van der Waals surface area contributed by atoms with Crippen molar-refractivity contribution in [1.29, 1.82) is 0 Å². The van der Waals surface area contributed by atoms with E-state index in [2.05, 4.69) is 10.6 Å². The highest BCUT2D eigenvalue weighted by atomic mass is 16.5. The number of Topliss-reactive ketones (excluding diaryl/α,β-unsaturated/α-hetero) is 1. The SMILES string of the molecule is CCC(C)C(C(CC(=O)N1CCCC1C(OC)C(C)C(=O)NC(C)C(OC(=O)c1ccc(C(C)=O)cc1)c1ccccc1)OC)N(C)C(=O)CNC(=O)C(C(C)C)N(C)C. The van der Waals surface area contributed by atoms with Crippen LogP contribution in [0.15, 0.2) is 54.6 Å². The van der Waals surface area contributed by atoms with Gasteiger partial charge in [-0.1, -0.05) is 83.5 Å². The predicted octanol–water partition coefficient (Wildman–Crippen LogP) is 4.91. The quantitative estimate of drug-likeness (QED) is 0.123. The Morgan fingerprint density at radius 3 is 2.00 bits per heavy atom. The van der Waals surface area contributed by atoms with Crippen LogP contribution in [0, 0.1) is 17.8 Å². The summed E-state index contributed by atoms with van der Waals surface area (Å²) in [5.41, 5.74) is 1.43. The van der Waals surface area contributed by atoms with Crippen LogP contribution in [0.3, 0.4) is 0 Å². The molecule has 1 aliphatic rings. The molecule has 2 aromatic rings. The average Bonchev–Trinajstić information content (AvgIpc) is 3.71. The molecule has 9 unspecified atom stereocenters. The molecular weight excluding hydrogens is 767 g/mol. The number of esters is 1. The molecule has 14 nitrogen and oxygen atoms in total. The molecule has 9 atom stereocenters. The van der Waals surface area contributed by atoms with Gasteiger partial charge in [-0.25, -0.2) is 4.79 Å². The maximum Gasteiger partial charge on any atom is 0.338 e. The fourth-order valence-corrected chi connectivity index (χ4v) is 8.41. The van der Waals surface area contributed by atoms with Crippen LogP contribution >= 0.6 is 0 Å². The van der Waals surface area contributed by atoms with Gasteiger partial charge in [0.05, 0.1) is 60.8 Å². The Balaban J connectivity index is 1.74. The van der Waals surface area contributed by atoms with Gasteiger partial charge >= 0.3 is 5.97 Å². The van der Waals surface area contributed by atoms with E-state index in [1.54, 1.807) is 55.0 Å². The summed E-state index contributed by atoms with van der Waals surface area (Å²) in [6.07, 6.45) is -0.0755. The molecule has 332 valence electrons. The van der Waals surface area contributed by atoms with Crippen LogP contribution in [-0.2, 0) is 33.4 Å². The molecule has 0 aromatic heterocycles. The van der Waals surface area contributed by atoms with Crippen molar-refractivity contribution in [1.82, 2.24) is 25.3 Å². The van der Waals surface area contributed by atoms with Gasteiger partial charge in [-0.05, 0) is 70.3 Å². The van der Waals surface area contributed by atoms with Crippen LogP contribution in [0.5, 0.6) is 0 Å². The maximum atomic E-state index is 14.2. The minimum Gasteiger partial charge on any atom is -0.452 e. The highest BCUT2D eigenvalue weighted by molar-refractivity contribution is 5.96. The third-order valence-corrected chi connectivity index (χ3v) is 11.9. The first kappa shape index (κ1) is 49.7. The zero-order valence-electron chi connectivity index (χ0n) is 37.7. The molecule has 14 heteroatoms. The van der Waals surface area contributed by atoms with E-state index in [0.717, 1.165) is 12.8 Å². The third kappa shape index (κ3) is 12.9. The molecule has 0 radical (unpaired) electrons. The van der Waals surface area contributed by atoms with E-state index in [-0.39, 0.29) is 65.8 Å². The first-order chi connectivity index (χ1) is 28.4. The van der Waals surface area contributed by atoms with Crippen LogP contribution in [0.1, 0.15) is 107 Å². The first-order valence-electron chi connectivity index (χ1n) is 21.1. The number of methoxy groups -OCH3 is 2. The smallest absolute Gasteiger partial charge is 0.338 e. The van der Waals surface area contributed by atoms with Gasteiger partial charge in [-0.15, -0.1) is 0 Å². The Labute approximate surface area is 357 Å². The first-order valence-corrected chi connectivity index (χ1v) is 21.1. The molecule has 2 N–H and O–H groups in total. The highest BCUT2D eigenvalue weighted by Crippen LogP contribution is 2.30. The van der Waals surface area contributed by atoms with E-state index in [4.69, 9.17) is 14.2 Å². The number of nitrogens with zero attached hydrogens (tertiary/aromatic N) is 3. The number of likely N-dealkylation sites (tertiary alicyclic amines) is 1. The Hall–Kier alpha value is -4.66. The number of rotatable bonds is 22. The number of ether oxygens (including phenoxy) is 3.